The molecule has 9 heteroatoms. The first-order chi connectivity index (χ1) is 18.2. The quantitative estimate of drug-likeness (QED) is 0.295. The predicted octanol–water partition coefficient (Wildman–Crippen LogP) is 4.68. The molecule has 3 aromatic carbocycles. The number of carbonyl (C=O) groups excluding carboxylic acids is 3. The van der Waals surface area contributed by atoms with Crippen molar-refractivity contribution in [3.05, 3.63) is 96.5 Å². The van der Waals surface area contributed by atoms with Gasteiger partial charge in [0.05, 0.1) is 18.9 Å². The predicted molar refractivity (Wildman–Crippen MR) is 144 cm³/mol. The highest BCUT2D eigenvalue weighted by Crippen LogP contribution is 2.32. The van der Waals surface area contributed by atoms with E-state index in [4.69, 9.17) is 9.15 Å². The first-order valence-electron chi connectivity index (χ1n) is 11.9. The number of benzene rings is 3. The molecule has 0 fully saturated rings. The largest absolute Gasteiger partial charge is 0.496 e. The number of oxazole rings is 1. The van der Waals surface area contributed by atoms with E-state index in [-0.39, 0.29) is 5.91 Å². The van der Waals surface area contributed by atoms with Crippen molar-refractivity contribution in [2.24, 2.45) is 0 Å². The van der Waals surface area contributed by atoms with Gasteiger partial charge in [0.2, 0.25) is 0 Å². The Labute approximate surface area is 220 Å². The number of amides is 3. The van der Waals surface area contributed by atoms with Crippen LogP contribution in [0.2, 0.25) is 0 Å². The van der Waals surface area contributed by atoms with Gasteiger partial charge >= 0.3 is 11.8 Å². The highest BCUT2D eigenvalue weighted by molar-refractivity contribution is 6.39. The number of anilines is 2. The van der Waals surface area contributed by atoms with Crippen LogP contribution in [-0.4, -0.2) is 35.4 Å². The first kappa shape index (κ1) is 26.2. The molecule has 9 nitrogen and oxygen atoms in total. The fourth-order valence-corrected chi connectivity index (χ4v) is 3.93. The summed E-state index contributed by atoms with van der Waals surface area (Å²) in [5.74, 6) is -0.775. The second kappa shape index (κ2) is 11.4. The Morgan fingerprint density at radius 1 is 0.895 bits per heavy atom. The molecule has 0 aliphatic rings. The molecule has 1 aromatic heterocycles. The summed E-state index contributed by atoms with van der Waals surface area (Å²) in [6, 6.07) is 21.3. The van der Waals surface area contributed by atoms with E-state index >= 15 is 0 Å². The van der Waals surface area contributed by atoms with Gasteiger partial charge in [-0.3, -0.25) is 14.4 Å². The number of hydrogen-bond donors (Lipinski definition) is 3. The third kappa shape index (κ3) is 6.64. The molecule has 4 aromatic rings. The Bertz CT molecular complexity index is 1420. The zero-order valence-corrected chi connectivity index (χ0v) is 21.3. The molecule has 0 saturated heterocycles. The lowest BCUT2D eigenvalue weighted by molar-refractivity contribution is -0.137. The molecular weight excluding hydrogens is 484 g/mol. The van der Waals surface area contributed by atoms with Gasteiger partial charge in [0.1, 0.15) is 5.75 Å². The van der Waals surface area contributed by atoms with Gasteiger partial charge in [-0.2, -0.15) is 0 Å². The fourth-order valence-electron chi connectivity index (χ4n) is 3.93. The molecular formula is C29H28N4O5. The van der Waals surface area contributed by atoms with E-state index in [9.17, 15) is 14.4 Å². The molecule has 0 spiro atoms. The summed E-state index contributed by atoms with van der Waals surface area (Å²) in [5.41, 5.74) is 2.52. The molecule has 38 heavy (non-hydrogen) atoms. The zero-order valence-electron chi connectivity index (χ0n) is 21.3. The molecule has 4 rings (SSSR count). The highest BCUT2D eigenvalue weighted by Gasteiger charge is 2.25. The van der Waals surface area contributed by atoms with E-state index < -0.39 is 17.4 Å². The molecule has 0 radical (unpaired) electrons. The number of nitrogens with zero attached hydrogens (tertiary/aromatic N) is 1. The minimum Gasteiger partial charge on any atom is -0.496 e. The van der Waals surface area contributed by atoms with E-state index in [1.807, 2.05) is 44.2 Å². The molecule has 0 saturated carbocycles. The third-order valence-electron chi connectivity index (χ3n) is 5.71. The average molecular weight is 513 g/mol. The van der Waals surface area contributed by atoms with Gasteiger partial charge in [-0.15, -0.1) is 0 Å². The Hall–Kier alpha value is -4.92. The number of rotatable bonds is 8. The zero-order chi connectivity index (χ0) is 27.1. The van der Waals surface area contributed by atoms with Gasteiger partial charge in [-0.1, -0.05) is 30.3 Å². The van der Waals surface area contributed by atoms with Crippen LogP contribution >= 0.6 is 0 Å². The lowest BCUT2D eigenvalue weighted by atomic mass is 9.94. The summed E-state index contributed by atoms with van der Waals surface area (Å²) < 4.78 is 10.7. The average Bonchev–Trinajstić information content (AvgIpc) is 3.44. The van der Waals surface area contributed by atoms with Gasteiger partial charge in [0.25, 0.3) is 5.91 Å². The molecule has 0 aliphatic heterocycles. The van der Waals surface area contributed by atoms with Crippen molar-refractivity contribution in [1.82, 2.24) is 10.3 Å². The Morgan fingerprint density at radius 3 is 2.26 bits per heavy atom. The van der Waals surface area contributed by atoms with Gasteiger partial charge in [-0.05, 0) is 62.2 Å². The molecule has 0 unspecified atom stereocenters. The maximum absolute atomic E-state index is 12.6. The highest BCUT2D eigenvalue weighted by atomic mass is 16.5. The number of nitrogens with one attached hydrogen (secondary N) is 3. The van der Waals surface area contributed by atoms with Crippen LogP contribution in [0.1, 0.15) is 29.8 Å². The van der Waals surface area contributed by atoms with E-state index in [1.54, 1.807) is 48.7 Å². The van der Waals surface area contributed by atoms with Crippen LogP contribution in [-0.2, 0) is 16.0 Å². The van der Waals surface area contributed by atoms with Crippen LogP contribution in [0.5, 0.6) is 5.75 Å². The molecule has 1 heterocycles. The number of ether oxygens (including phenoxy) is 1. The van der Waals surface area contributed by atoms with Crippen molar-refractivity contribution in [3.63, 3.8) is 0 Å². The minimum absolute atomic E-state index is 0.192. The molecule has 3 N–H and O–H groups in total. The molecule has 0 atom stereocenters. The normalized spacial score (nSPS) is 10.9. The van der Waals surface area contributed by atoms with Crippen molar-refractivity contribution in [2.75, 3.05) is 17.7 Å². The van der Waals surface area contributed by atoms with Gasteiger partial charge in [-0.25, -0.2) is 4.98 Å². The van der Waals surface area contributed by atoms with Crippen LogP contribution in [0, 0.1) is 0 Å². The van der Waals surface area contributed by atoms with Crippen molar-refractivity contribution < 1.29 is 23.5 Å². The monoisotopic (exact) mass is 512 g/mol. The van der Waals surface area contributed by atoms with Crippen molar-refractivity contribution >= 4 is 29.1 Å². The van der Waals surface area contributed by atoms with Gasteiger partial charge in [0.15, 0.2) is 12.2 Å². The summed E-state index contributed by atoms with van der Waals surface area (Å²) in [4.78, 5) is 41.5. The van der Waals surface area contributed by atoms with E-state index in [1.165, 1.54) is 13.5 Å². The Morgan fingerprint density at radius 2 is 1.61 bits per heavy atom. The molecule has 194 valence electrons. The van der Waals surface area contributed by atoms with E-state index in [0.29, 0.717) is 40.4 Å². The van der Waals surface area contributed by atoms with Crippen LogP contribution in [0.15, 0.2) is 89.8 Å². The number of methoxy groups -OCH3 is 1. The van der Waals surface area contributed by atoms with Crippen LogP contribution in [0.4, 0.5) is 11.4 Å². The summed E-state index contributed by atoms with van der Waals surface area (Å²) in [6.07, 6.45) is 3.34. The number of aromatic nitrogens is 1. The third-order valence-corrected chi connectivity index (χ3v) is 5.71. The minimum atomic E-state index is -0.800. The summed E-state index contributed by atoms with van der Waals surface area (Å²) in [5, 5.41) is 8.24. The second-order valence-corrected chi connectivity index (χ2v) is 9.27. The Kier molecular flexibility index (Phi) is 7.86. The second-order valence-electron chi connectivity index (χ2n) is 9.27. The van der Waals surface area contributed by atoms with Crippen molar-refractivity contribution in [1.29, 1.82) is 0 Å². The lowest BCUT2D eigenvalue weighted by Crippen LogP contribution is -2.49. The van der Waals surface area contributed by atoms with Crippen LogP contribution in [0.3, 0.4) is 0 Å². The smallest absolute Gasteiger partial charge is 0.313 e. The van der Waals surface area contributed by atoms with Crippen LogP contribution in [0.25, 0.3) is 11.3 Å². The standard InChI is InChI=1S/C29H28N4O5/c1-29(2,16-19-9-11-21(12-10-19)31-26(34)20-7-5-4-6-8-20)33-28(36)27(35)32-22-13-14-23(24(15-22)37-3)25-17-30-18-38-25/h4-15,17-18H,16H2,1-3H3,(H,31,34)(H,32,35)(H,33,36). The maximum atomic E-state index is 12.6. The van der Waals surface area contributed by atoms with E-state index in [2.05, 4.69) is 20.9 Å². The van der Waals surface area contributed by atoms with Gasteiger partial charge in [0, 0.05) is 28.5 Å². The summed E-state index contributed by atoms with van der Waals surface area (Å²) in [7, 11) is 1.50. The Balaban J connectivity index is 1.33. The molecule has 3 amide bonds. The lowest BCUT2D eigenvalue weighted by Gasteiger charge is -2.26. The summed E-state index contributed by atoms with van der Waals surface area (Å²) in [6.45, 7) is 3.66. The topological polar surface area (TPSA) is 123 Å². The summed E-state index contributed by atoms with van der Waals surface area (Å²) >= 11 is 0. The van der Waals surface area contributed by atoms with E-state index in [0.717, 1.165) is 5.56 Å². The van der Waals surface area contributed by atoms with Crippen molar-refractivity contribution in [3.8, 4) is 17.1 Å². The van der Waals surface area contributed by atoms with Crippen molar-refractivity contribution in [2.45, 2.75) is 25.8 Å². The number of carbonyl (C=O) groups is 3. The molecule has 0 bridgehead atoms. The maximum Gasteiger partial charge on any atom is 0.313 e. The van der Waals surface area contributed by atoms with Gasteiger partial charge < -0.3 is 25.1 Å². The first-order valence-corrected chi connectivity index (χ1v) is 11.9. The fraction of sp³-hybridized carbons (Fsp3) is 0.172. The molecule has 0 aliphatic carbocycles. The SMILES string of the molecule is COc1cc(NC(=O)C(=O)NC(C)(C)Cc2ccc(NC(=O)c3ccccc3)cc2)ccc1-c1cnco1. The van der Waals surface area contributed by atoms with Crippen LogP contribution < -0.4 is 20.7 Å². The number of hydrogen-bond acceptors (Lipinski definition) is 6.